The molecule has 0 saturated carbocycles. The van der Waals surface area contributed by atoms with Gasteiger partial charge < -0.3 is 4.90 Å². The highest BCUT2D eigenvalue weighted by Gasteiger charge is 2.32. The summed E-state index contributed by atoms with van der Waals surface area (Å²) in [6.45, 7) is 5.90. The van der Waals surface area contributed by atoms with E-state index >= 15 is 0 Å². The van der Waals surface area contributed by atoms with Gasteiger partial charge in [0.25, 0.3) is 0 Å². The van der Waals surface area contributed by atoms with E-state index < -0.39 is 0 Å². The molecule has 0 fully saturated rings. The zero-order valence-electron chi connectivity index (χ0n) is 12.8. The zero-order chi connectivity index (χ0) is 15.0. The van der Waals surface area contributed by atoms with Crippen molar-refractivity contribution in [3.05, 3.63) is 65.2 Å². The number of hydrogen-bond donors (Lipinski definition) is 0. The van der Waals surface area contributed by atoms with Crippen LogP contribution in [0.25, 0.3) is 0 Å². The summed E-state index contributed by atoms with van der Waals surface area (Å²) < 4.78 is 0. The summed E-state index contributed by atoms with van der Waals surface area (Å²) >= 11 is 0. The number of benzene rings is 2. The normalized spacial score (nSPS) is 21.0. The molecule has 1 aliphatic rings. The fraction of sp³-hybridized carbons (Fsp3) is 0.316. The molecule has 0 bridgehead atoms. The Balaban J connectivity index is 2.15. The number of aryl methyl sites for hydroxylation is 1. The third kappa shape index (κ3) is 2.46. The largest absolute Gasteiger partial charge is 0.310 e. The topological polar surface area (TPSA) is 20.3 Å². The minimum Gasteiger partial charge on any atom is -0.310 e. The van der Waals surface area contributed by atoms with Gasteiger partial charge in [0, 0.05) is 24.6 Å². The van der Waals surface area contributed by atoms with Crippen molar-refractivity contribution in [1.29, 1.82) is 0 Å². The second kappa shape index (κ2) is 5.36. The van der Waals surface area contributed by atoms with Gasteiger partial charge in [-0.2, -0.15) is 0 Å². The zero-order valence-corrected chi connectivity index (χ0v) is 12.8. The standard InChI is InChI=1S/C19H21NO/c1-13-9-10-19-18(11-13)17(16-7-5-4-6-8-16)12-14(2)20(19)15(3)21/h4-11,14,17H,12H2,1-3H3/t14-,17-/m0/s1. The molecule has 0 unspecified atom stereocenters. The van der Waals surface area contributed by atoms with Gasteiger partial charge in [-0.05, 0) is 37.5 Å². The highest BCUT2D eigenvalue weighted by atomic mass is 16.2. The van der Waals surface area contributed by atoms with Crippen molar-refractivity contribution in [2.75, 3.05) is 4.90 Å². The smallest absolute Gasteiger partial charge is 0.224 e. The van der Waals surface area contributed by atoms with Crippen LogP contribution in [-0.2, 0) is 4.79 Å². The number of anilines is 1. The van der Waals surface area contributed by atoms with E-state index in [1.165, 1.54) is 16.7 Å². The highest BCUT2D eigenvalue weighted by Crippen LogP contribution is 2.42. The monoisotopic (exact) mass is 279 g/mol. The third-order valence-electron chi connectivity index (χ3n) is 4.38. The molecular weight excluding hydrogens is 258 g/mol. The summed E-state index contributed by atoms with van der Waals surface area (Å²) in [5.41, 5.74) is 4.92. The summed E-state index contributed by atoms with van der Waals surface area (Å²) in [4.78, 5) is 14.0. The van der Waals surface area contributed by atoms with E-state index in [1.807, 2.05) is 4.90 Å². The fourth-order valence-corrected chi connectivity index (χ4v) is 3.46. The lowest BCUT2D eigenvalue weighted by molar-refractivity contribution is -0.117. The van der Waals surface area contributed by atoms with E-state index in [4.69, 9.17) is 0 Å². The summed E-state index contributed by atoms with van der Waals surface area (Å²) in [6.07, 6.45) is 0.972. The Bertz CT molecular complexity index is 663. The highest BCUT2D eigenvalue weighted by molar-refractivity contribution is 5.94. The predicted octanol–water partition coefficient (Wildman–Crippen LogP) is 4.27. The van der Waals surface area contributed by atoms with Gasteiger partial charge in [-0.1, -0.05) is 48.0 Å². The lowest BCUT2D eigenvalue weighted by Crippen LogP contribution is -2.42. The van der Waals surface area contributed by atoms with E-state index in [1.54, 1.807) is 6.92 Å². The summed E-state index contributed by atoms with van der Waals surface area (Å²) in [5, 5.41) is 0. The van der Waals surface area contributed by atoms with Gasteiger partial charge >= 0.3 is 0 Å². The second-order valence-corrected chi connectivity index (χ2v) is 6.00. The van der Waals surface area contributed by atoms with E-state index in [9.17, 15) is 4.79 Å². The second-order valence-electron chi connectivity index (χ2n) is 6.00. The van der Waals surface area contributed by atoms with Crippen molar-refractivity contribution >= 4 is 11.6 Å². The number of fused-ring (bicyclic) bond motifs is 1. The van der Waals surface area contributed by atoms with Crippen LogP contribution >= 0.6 is 0 Å². The molecule has 0 saturated heterocycles. The third-order valence-corrected chi connectivity index (χ3v) is 4.38. The number of carbonyl (C=O) groups excluding carboxylic acids is 1. The molecule has 21 heavy (non-hydrogen) atoms. The first-order chi connectivity index (χ1) is 10.1. The average molecular weight is 279 g/mol. The molecule has 0 N–H and O–H groups in total. The first kappa shape index (κ1) is 13.9. The van der Waals surface area contributed by atoms with Crippen LogP contribution < -0.4 is 4.90 Å². The van der Waals surface area contributed by atoms with Crippen LogP contribution in [0.4, 0.5) is 5.69 Å². The molecule has 1 heterocycles. The lowest BCUT2D eigenvalue weighted by atomic mass is 9.81. The molecule has 1 amide bonds. The van der Waals surface area contributed by atoms with Crippen LogP contribution in [0.2, 0.25) is 0 Å². The van der Waals surface area contributed by atoms with E-state index in [0.717, 1.165) is 12.1 Å². The van der Waals surface area contributed by atoms with Crippen LogP contribution in [0.5, 0.6) is 0 Å². The molecule has 2 atom stereocenters. The van der Waals surface area contributed by atoms with Crippen molar-refractivity contribution < 1.29 is 4.79 Å². The first-order valence-corrected chi connectivity index (χ1v) is 7.53. The van der Waals surface area contributed by atoms with Gasteiger partial charge in [-0.15, -0.1) is 0 Å². The van der Waals surface area contributed by atoms with Gasteiger partial charge in [0.05, 0.1) is 0 Å². The molecule has 2 nitrogen and oxygen atoms in total. The first-order valence-electron chi connectivity index (χ1n) is 7.53. The molecular formula is C19H21NO. The number of nitrogens with zero attached hydrogens (tertiary/aromatic N) is 1. The molecule has 3 rings (SSSR count). The molecule has 2 aromatic carbocycles. The number of hydrogen-bond acceptors (Lipinski definition) is 1. The molecule has 0 radical (unpaired) electrons. The maximum absolute atomic E-state index is 12.0. The average Bonchev–Trinajstić information content (AvgIpc) is 2.47. The molecule has 0 aliphatic carbocycles. The summed E-state index contributed by atoms with van der Waals surface area (Å²) in [5.74, 6) is 0.491. The van der Waals surface area contributed by atoms with Gasteiger partial charge in [-0.25, -0.2) is 0 Å². The fourth-order valence-electron chi connectivity index (χ4n) is 3.46. The molecule has 108 valence electrons. The minimum atomic E-state index is 0.124. The van der Waals surface area contributed by atoms with Crippen molar-refractivity contribution in [3.8, 4) is 0 Å². The SMILES string of the molecule is CC(=O)N1c2ccc(C)cc2[C@H](c2ccccc2)C[C@@H]1C. The van der Waals surface area contributed by atoms with E-state index in [-0.39, 0.29) is 11.9 Å². The summed E-state index contributed by atoms with van der Waals surface area (Å²) in [7, 11) is 0. The predicted molar refractivity (Wildman–Crippen MR) is 86.7 cm³/mol. The van der Waals surface area contributed by atoms with Gasteiger partial charge in [0.15, 0.2) is 0 Å². The quantitative estimate of drug-likeness (QED) is 0.763. The van der Waals surface area contributed by atoms with E-state index in [2.05, 4.69) is 62.4 Å². The van der Waals surface area contributed by atoms with Gasteiger partial charge in [0.2, 0.25) is 5.91 Å². The molecule has 2 aromatic rings. The molecule has 2 heteroatoms. The van der Waals surface area contributed by atoms with E-state index in [0.29, 0.717) is 5.92 Å². The maximum atomic E-state index is 12.0. The van der Waals surface area contributed by atoms with Crippen molar-refractivity contribution in [3.63, 3.8) is 0 Å². The van der Waals surface area contributed by atoms with Crippen molar-refractivity contribution in [1.82, 2.24) is 0 Å². The van der Waals surface area contributed by atoms with Crippen molar-refractivity contribution in [2.45, 2.75) is 39.2 Å². The van der Waals surface area contributed by atoms with Crippen LogP contribution in [0.15, 0.2) is 48.5 Å². The van der Waals surface area contributed by atoms with Crippen molar-refractivity contribution in [2.24, 2.45) is 0 Å². The maximum Gasteiger partial charge on any atom is 0.224 e. The van der Waals surface area contributed by atoms with Crippen LogP contribution in [0, 0.1) is 6.92 Å². The molecule has 0 spiro atoms. The number of carbonyl (C=O) groups is 1. The minimum absolute atomic E-state index is 0.124. The Morgan fingerprint density at radius 2 is 1.86 bits per heavy atom. The summed E-state index contributed by atoms with van der Waals surface area (Å²) in [6, 6.07) is 17.2. The van der Waals surface area contributed by atoms with Gasteiger partial charge in [-0.3, -0.25) is 4.79 Å². The Morgan fingerprint density at radius 3 is 2.52 bits per heavy atom. The Morgan fingerprint density at radius 1 is 1.14 bits per heavy atom. The Labute approximate surface area is 126 Å². The van der Waals surface area contributed by atoms with Crippen LogP contribution in [-0.4, -0.2) is 11.9 Å². The molecule has 0 aromatic heterocycles. The number of rotatable bonds is 1. The van der Waals surface area contributed by atoms with Crippen LogP contribution in [0.3, 0.4) is 0 Å². The molecule has 1 aliphatic heterocycles. The Kier molecular flexibility index (Phi) is 3.54. The van der Waals surface area contributed by atoms with Gasteiger partial charge in [0.1, 0.15) is 0 Å². The van der Waals surface area contributed by atoms with Crippen LogP contribution in [0.1, 0.15) is 42.9 Å². The number of amides is 1. The lowest BCUT2D eigenvalue weighted by Gasteiger charge is -2.39. The Hall–Kier alpha value is -2.09.